The smallest absolute Gasteiger partial charge is 0.233 e. The first-order chi connectivity index (χ1) is 11.1. The van der Waals surface area contributed by atoms with Crippen molar-refractivity contribution in [1.82, 2.24) is 9.88 Å². The molecule has 1 heterocycles. The summed E-state index contributed by atoms with van der Waals surface area (Å²) in [5.74, 6) is 1.75. The number of hydrogen-bond acceptors (Lipinski definition) is 5. The molecule has 2 aromatic rings. The van der Waals surface area contributed by atoms with Gasteiger partial charge in [-0.05, 0) is 29.8 Å². The Hall–Kier alpha value is -2.21. The van der Waals surface area contributed by atoms with E-state index in [4.69, 9.17) is 9.47 Å². The van der Waals surface area contributed by atoms with E-state index in [2.05, 4.69) is 4.98 Å². The molecule has 6 heteroatoms. The second kappa shape index (κ2) is 8.43. The fraction of sp³-hybridized carbons (Fsp3) is 0.294. The number of aromatic nitrogens is 1. The van der Waals surface area contributed by atoms with Crippen LogP contribution in [0.25, 0.3) is 0 Å². The fourth-order valence-electron chi connectivity index (χ4n) is 2.02. The van der Waals surface area contributed by atoms with Crippen LogP contribution in [0.4, 0.5) is 0 Å². The number of methoxy groups -OCH3 is 2. The summed E-state index contributed by atoms with van der Waals surface area (Å²) < 4.78 is 10.5. The molecule has 0 unspecified atom stereocenters. The Balaban J connectivity index is 1.93. The molecule has 1 aromatic heterocycles. The minimum atomic E-state index is 0.0513. The van der Waals surface area contributed by atoms with Gasteiger partial charge in [0.15, 0.2) is 11.5 Å². The number of amides is 1. The maximum atomic E-state index is 12.2. The molecule has 0 fully saturated rings. The summed E-state index contributed by atoms with van der Waals surface area (Å²) in [5.41, 5.74) is 0.987. The summed E-state index contributed by atoms with van der Waals surface area (Å²) in [6.45, 7) is 0.516. The monoisotopic (exact) mass is 332 g/mol. The average Bonchev–Trinajstić information content (AvgIpc) is 2.60. The van der Waals surface area contributed by atoms with Crippen LogP contribution in [0.5, 0.6) is 11.5 Å². The van der Waals surface area contributed by atoms with E-state index in [1.807, 2.05) is 36.4 Å². The van der Waals surface area contributed by atoms with Crippen molar-refractivity contribution in [3.8, 4) is 11.5 Å². The molecule has 0 radical (unpaired) electrons. The molecule has 0 saturated heterocycles. The largest absolute Gasteiger partial charge is 0.493 e. The number of ether oxygens (including phenoxy) is 2. The highest BCUT2D eigenvalue weighted by molar-refractivity contribution is 7.99. The lowest BCUT2D eigenvalue weighted by molar-refractivity contribution is -0.127. The third-order valence-corrected chi connectivity index (χ3v) is 4.20. The third-order valence-electron chi connectivity index (χ3n) is 3.27. The van der Waals surface area contributed by atoms with E-state index in [0.29, 0.717) is 23.8 Å². The molecular weight excluding hydrogens is 312 g/mol. The quantitative estimate of drug-likeness (QED) is 0.730. The number of benzene rings is 1. The van der Waals surface area contributed by atoms with Gasteiger partial charge in [-0.25, -0.2) is 4.98 Å². The number of pyridine rings is 1. The second-order valence-electron chi connectivity index (χ2n) is 4.90. The number of carbonyl (C=O) groups excluding carboxylic acids is 1. The van der Waals surface area contributed by atoms with Gasteiger partial charge in [0.1, 0.15) is 0 Å². The van der Waals surface area contributed by atoms with Gasteiger partial charge < -0.3 is 14.4 Å². The van der Waals surface area contributed by atoms with Gasteiger partial charge in [0.2, 0.25) is 5.91 Å². The van der Waals surface area contributed by atoms with Crippen molar-refractivity contribution in [2.45, 2.75) is 11.6 Å². The molecule has 0 N–H and O–H groups in total. The van der Waals surface area contributed by atoms with E-state index in [-0.39, 0.29) is 5.91 Å². The van der Waals surface area contributed by atoms with Crippen LogP contribution in [0.15, 0.2) is 47.6 Å². The predicted molar refractivity (Wildman–Crippen MR) is 91.0 cm³/mol. The van der Waals surface area contributed by atoms with Gasteiger partial charge in [-0.1, -0.05) is 23.9 Å². The van der Waals surface area contributed by atoms with E-state index in [9.17, 15) is 4.79 Å². The molecule has 0 aliphatic carbocycles. The Morgan fingerprint density at radius 2 is 1.96 bits per heavy atom. The SMILES string of the molecule is COc1ccc(CN(C)C(=O)CSc2ccccn2)cc1OC. The van der Waals surface area contributed by atoms with Crippen molar-refractivity contribution in [3.05, 3.63) is 48.2 Å². The summed E-state index contributed by atoms with van der Waals surface area (Å²) in [5, 5.41) is 0.848. The van der Waals surface area contributed by atoms with E-state index in [1.54, 1.807) is 32.4 Å². The molecule has 5 nitrogen and oxygen atoms in total. The molecule has 122 valence electrons. The van der Waals surface area contributed by atoms with Gasteiger partial charge in [-0.15, -0.1) is 0 Å². The minimum Gasteiger partial charge on any atom is -0.493 e. The maximum absolute atomic E-state index is 12.2. The molecule has 0 bridgehead atoms. The van der Waals surface area contributed by atoms with E-state index in [1.165, 1.54) is 11.8 Å². The number of thioether (sulfide) groups is 1. The second-order valence-corrected chi connectivity index (χ2v) is 5.89. The van der Waals surface area contributed by atoms with Gasteiger partial charge >= 0.3 is 0 Å². The topological polar surface area (TPSA) is 51.7 Å². The van der Waals surface area contributed by atoms with Gasteiger partial charge in [0.05, 0.1) is 25.0 Å². The van der Waals surface area contributed by atoms with Crippen LogP contribution in [0.1, 0.15) is 5.56 Å². The first-order valence-corrected chi connectivity index (χ1v) is 8.11. The molecule has 0 saturated carbocycles. The van der Waals surface area contributed by atoms with Gasteiger partial charge in [-0.3, -0.25) is 4.79 Å². The number of rotatable bonds is 7. The molecule has 2 rings (SSSR count). The zero-order chi connectivity index (χ0) is 16.7. The van der Waals surface area contributed by atoms with Crippen molar-refractivity contribution in [1.29, 1.82) is 0 Å². The minimum absolute atomic E-state index is 0.0513. The lowest BCUT2D eigenvalue weighted by Crippen LogP contribution is -2.27. The van der Waals surface area contributed by atoms with Crippen molar-refractivity contribution in [3.63, 3.8) is 0 Å². The van der Waals surface area contributed by atoms with E-state index >= 15 is 0 Å². The zero-order valence-electron chi connectivity index (χ0n) is 13.5. The highest BCUT2D eigenvalue weighted by atomic mass is 32.2. The highest BCUT2D eigenvalue weighted by Crippen LogP contribution is 2.28. The van der Waals surface area contributed by atoms with Crippen molar-refractivity contribution >= 4 is 17.7 Å². The Kier molecular flexibility index (Phi) is 6.29. The zero-order valence-corrected chi connectivity index (χ0v) is 14.3. The van der Waals surface area contributed by atoms with Gasteiger partial charge in [-0.2, -0.15) is 0 Å². The lowest BCUT2D eigenvalue weighted by Gasteiger charge is -2.18. The summed E-state index contributed by atoms with van der Waals surface area (Å²) in [6, 6.07) is 11.3. The van der Waals surface area contributed by atoms with E-state index < -0.39 is 0 Å². The molecule has 1 amide bonds. The molecular formula is C17H20N2O3S. The van der Waals surface area contributed by atoms with Crippen LogP contribution in [0, 0.1) is 0 Å². The summed E-state index contributed by atoms with van der Waals surface area (Å²) in [7, 11) is 4.99. The van der Waals surface area contributed by atoms with Gasteiger partial charge in [0.25, 0.3) is 0 Å². The summed E-state index contributed by atoms with van der Waals surface area (Å²) in [6.07, 6.45) is 1.72. The number of carbonyl (C=O) groups is 1. The van der Waals surface area contributed by atoms with Crippen LogP contribution in [0.2, 0.25) is 0 Å². The van der Waals surface area contributed by atoms with E-state index in [0.717, 1.165) is 10.6 Å². The van der Waals surface area contributed by atoms with Crippen molar-refractivity contribution in [2.75, 3.05) is 27.0 Å². The Bertz CT molecular complexity index is 650. The molecule has 0 atom stereocenters. The summed E-state index contributed by atoms with van der Waals surface area (Å²) >= 11 is 1.43. The lowest BCUT2D eigenvalue weighted by atomic mass is 10.2. The highest BCUT2D eigenvalue weighted by Gasteiger charge is 2.12. The fourth-order valence-corrected chi connectivity index (χ4v) is 2.82. The third kappa shape index (κ3) is 4.89. The first-order valence-electron chi connectivity index (χ1n) is 7.12. The molecule has 1 aromatic carbocycles. The van der Waals surface area contributed by atoms with Crippen molar-refractivity contribution in [2.24, 2.45) is 0 Å². The predicted octanol–water partition coefficient (Wildman–Crippen LogP) is 2.85. The number of hydrogen-bond donors (Lipinski definition) is 0. The first kappa shape index (κ1) is 17.1. The Labute approximate surface area is 140 Å². The Morgan fingerprint density at radius 3 is 2.61 bits per heavy atom. The Morgan fingerprint density at radius 1 is 1.17 bits per heavy atom. The standard InChI is InChI=1S/C17H20N2O3S/c1-19(17(20)12-23-16-6-4-5-9-18-16)11-13-7-8-14(21-2)15(10-13)22-3/h4-10H,11-12H2,1-3H3. The average molecular weight is 332 g/mol. The van der Waals surface area contributed by atoms with Crippen LogP contribution in [-0.2, 0) is 11.3 Å². The van der Waals surface area contributed by atoms with Crippen LogP contribution in [0.3, 0.4) is 0 Å². The molecule has 23 heavy (non-hydrogen) atoms. The van der Waals surface area contributed by atoms with Crippen LogP contribution < -0.4 is 9.47 Å². The number of nitrogens with zero attached hydrogens (tertiary/aromatic N) is 2. The molecule has 0 aliphatic rings. The van der Waals surface area contributed by atoms with Crippen LogP contribution in [-0.4, -0.2) is 42.8 Å². The summed E-state index contributed by atoms with van der Waals surface area (Å²) in [4.78, 5) is 18.1. The molecule has 0 spiro atoms. The maximum Gasteiger partial charge on any atom is 0.233 e. The van der Waals surface area contributed by atoms with Crippen molar-refractivity contribution < 1.29 is 14.3 Å². The van der Waals surface area contributed by atoms with Crippen LogP contribution >= 0.6 is 11.8 Å². The normalized spacial score (nSPS) is 10.2. The van der Waals surface area contributed by atoms with Gasteiger partial charge in [0, 0.05) is 19.8 Å². The molecule has 0 aliphatic heterocycles.